The van der Waals surface area contributed by atoms with Crippen molar-refractivity contribution in [1.82, 2.24) is 9.80 Å². The molecule has 0 saturated carbocycles. The van der Waals surface area contributed by atoms with Crippen molar-refractivity contribution in [3.05, 3.63) is 24.3 Å². The summed E-state index contributed by atoms with van der Waals surface area (Å²) in [7, 11) is -1.51. The lowest BCUT2D eigenvalue weighted by Gasteiger charge is -2.33. The maximum atomic E-state index is 12.5. The Labute approximate surface area is 156 Å². The minimum absolute atomic E-state index is 0.0194. The SMILES string of the molecule is CC(C)Oc1ccccc1N(CCC(=O)N1CCN(C)CC1)S(C)(=O)=O. The highest BCUT2D eigenvalue weighted by Gasteiger charge is 2.25. The number of hydrogen-bond donors (Lipinski definition) is 0. The zero-order valence-corrected chi connectivity index (χ0v) is 16.8. The van der Waals surface area contributed by atoms with Crippen molar-refractivity contribution >= 4 is 21.6 Å². The quantitative estimate of drug-likeness (QED) is 0.712. The van der Waals surface area contributed by atoms with Crippen LogP contribution in [0.2, 0.25) is 0 Å². The topological polar surface area (TPSA) is 70.2 Å². The van der Waals surface area contributed by atoms with Crippen LogP contribution in [0, 0.1) is 0 Å². The number of piperazine rings is 1. The average molecular weight is 384 g/mol. The average Bonchev–Trinajstić information content (AvgIpc) is 2.55. The first-order valence-electron chi connectivity index (χ1n) is 8.88. The van der Waals surface area contributed by atoms with E-state index in [1.54, 1.807) is 29.2 Å². The number of anilines is 1. The van der Waals surface area contributed by atoms with Gasteiger partial charge >= 0.3 is 0 Å². The van der Waals surface area contributed by atoms with Crippen molar-refractivity contribution in [3.63, 3.8) is 0 Å². The summed E-state index contributed by atoms with van der Waals surface area (Å²) < 4.78 is 31.7. The van der Waals surface area contributed by atoms with Crippen LogP contribution in [0.25, 0.3) is 0 Å². The predicted octanol–water partition coefficient (Wildman–Crippen LogP) is 1.40. The zero-order valence-electron chi connectivity index (χ0n) is 16.0. The largest absolute Gasteiger partial charge is 0.489 e. The fourth-order valence-electron chi connectivity index (χ4n) is 2.89. The second-order valence-corrected chi connectivity index (χ2v) is 8.81. The standard InChI is InChI=1S/C18H29N3O4S/c1-15(2)25-17-8-6-5-7-16(17)21(26(4,23)24)10-9-18(22)20-13-11-19(3)12-14-20/h5-8,15H,9-14H2,1-4H3. The minimum Gasteiger partial charge on any atom is -0.489 e. The molecule has 0 spiro atoms. The van der Waals surface area contributed by atoms with Crippen molar-refractivity contribution in [2.75, 3.05) is 50.3 Å². The highest BCUT2D eigenvalue weighted by atomic mass is 32.2. The minimum atomic E-state index is -3.54. The molecule has 7 nitrogen and oxygen atoms in total. The molecule has 1 aliphatic rings. The van der Waals surface area contributed by atoms with Gasteiger partial charge in [0.15, 0.2) is 0 Å². The number of sulfonamides is 1. The number of hydrogen-bond acceptors (Lipinski definition) is 5. The van der Waals surface area contributed by atoms with Gasteiger partial charge in [-0.3, -0.25) is 9.10 Å². The van der Waals surface area contributed by atoms with Gasteiger partial charge in [0.2, 0.25) is 15.9 Å². The van der Waals surface area contributed by atoms with Crippen molar-refractivity contribution in [2.45, 2.75) is 26.4 Å². The third kappa shape index (κ3) is 5.60. The van der Waals surface area contributed by atoms with E-state index in [0.29, 0.717) is 24.5 Å². The second-order valence-electron chi connectivity index (χ2n) is 6.90. The molecular formula is C18H29N3O4S. The number of benzene rings is 1. The number of carbonyl (C=O) groups excluding carboxylic acids is 1. The van der Waals surface area contributed by atoms with E-state index in [0.717, 1.165) is 19.3 Å². The highest BCUT2D eigenvalue weighted by molar-refractivity contribution is 7.92. The van der Waals surface area contributed by atoms with E-state index in [1.807, 2.05) is 20.9 Å². The predicted molar refractivity (Wildman–Crippen MR) is 103 cm³/mol. The van der Waals surface area contributed by atoms with Crippen LogP contribution >= 0.6 is 0 Å². The van der Waals surface area contributed by atoms with Crippen LogP contribution in [0.15, 0.2) is 24.3 Å². The van der Waals surface area contributed by atoms with E-state index in [9.17, 15) is 13.2 Å². The molecule has 1 fully saturated rings. The molecule has 1 amide bonds. The fraction of sp³-hybridized carbons (Fsp3) is 0.611. The van der Waals surface area contributed by atoms with Gasteiger partial charge in [0, 0.05) is 39.1 Å². The molecule has 0 aliphatic carbocycles. The van der Waals surface area contributed by atoms with Crippen LogP contribution in [-0.4, -0.2) is 76.3 Å². The monoisotopic (exact) mass is 383 g/mol. The number of carbonyl (C=O) groups is 1. The number of nitrogens with zero attached hydrogens (tertiary/aromatic N) is 3. The summed E-state index contributed by atoms with van der Waals surface area (Å²) in [5, 5.41) is 0. The Kier molecular flexibility index (Phi) is 6.88. The number of ether oxygens (including phenoxy) is 1. The molecule has 1 aromatic carbocycles. The van der Waals surface area contributed by atoms with Gasteiger partial charge in [0.05, 0.1) is 18.0 Å². The first-order chi connectivity index (χ1) is 12.2. The molecule has 0 N–H and O–H groups in total. The maximum Gasteiger partial charge on any atom is 0.232 e. The van der Waals surface area contributed by atoms with E-state index in [-0.39, 0.29) is 25.0 Å². The first kappa shape index (κ1) is 20.5. The Morgan fingerprint density at radius 2 is 1.81 bits per heavy atom. The summed E-state index contributed by atoms with van der Waals surface area (Å²) in [6, 6.07) is 7.02. The summed E-state index contributed by atoms with van der Waals surface area (Å²) in [4.78, 5) is 16.5. The first-order valence-corrected chi connectivity index (χ1v) is 10.7. The third-order valence-corrected chi connectivity index (χ3v) is 5.46. The van der Waals surface area contributed by atoms with Crippen LogP contribution < -0.4 is 9.04 Å². The molecule has 1 aliphatic heterocycles. The van der Waals surface area contributed by atoms with Crippen LogP contribution in [0.4, 0.5) is 5.69 Å². The summed E-state index contributed by atoms with van der Waals surface area (Å²) in [5.41, 5.74) is 0.467. The maximum absolute atomic E-state index is 12.5. The molecule has 0 unspecified atom stereocenters. The molecule has 0 atom stereocenters. The number of likely N-dealkylation sites (N-methyl/N-ethyl adjacent to an activating group) is 1. The van der Waals surface area contributed by atoms with Gasteiger partial charge in [0.25, 0.3) is 0 Å². The van der Waals surface area contributed by atoms with Gasteiger partial charge in [-0.1, -0.05) is 12.1 Å². The van der Waals surface area contributed by atoms with Crippen molar-refractivity contribution < 1.29 is 17.9 Å². The van der Waals surface area contributed by atoms with E-state index in [1.165, 1.54) is 4.31 Å². The smallest absolute Gasteiger partial charge is 0.232 e. The lowest BCUT2D eigenvalue weighted by atomic mass is 10.2. The van der Waals surface area contributed by atoms with E-state index in [4.69, 9.17) is 4.74 Å². The summed E-state index contributed by atoms with van der Waals surface area (Å²) in [5.74, 6) is 0.481. The lowest BCUT2D eigenvalue weighted by Crippen LogP contribution is -2.48. The molecule has 1 saturated heterocycles. The van der Waals surface area contributed by atoms with Gasteiger partial charge in [-0.2, -0.15) is 0 Å². The van der Waals surface area contributed by atoms with E-state index >= 15 is 0 Å². The summed E-state index contributed by atoms with van der Waals surface area (Å²) in [6.45, 7) is 6.92. The molecule has 0 radical (unpaired) electrons. The normalized spacial score (nSPS) is 16.0. The second kappa shape index (κ2) is 8.73. The molecule has 0 aromatic heterocycles. The molecule has 0 bridgehead atoms. The molecule has 26 heavy (non-hydrogen) atoms. The van der Waals surface area contributed by atoms with Gasteiger partial charge in [-0.25, -0.2) is 8.42 Å². The molecular weight excluding hydrogens is 354 g/mol. The molecule has 2 rings (SSSR count). The van der Waals surface area contributed by atoms with Crippen molar-refractivity contribution in [3.8, 4) is 5.75 Å². The Bertz CT molecular complexity index is 713. The Morgan fingerprint density at radius 1 is 1.19 bits per heavy atom. The Morgan fingerprint density at radius 3 is 2.38 bits per heavy atom. The molecule has 8 heteroatoms. The van der Waals surface area contributed by atoms with Crippen molar-refractivity contribution in [2.24, 2.45) is 0 Å². The third-order valence-electron chi connectivity index (χ3n) is 4.28. The van der Waals surface area contributed by atoms with Gasteiger partial charge in [-0.05, 0) is 33.0 Å². The molecule has 1 aromatic rings. The van der Waals surface area contributed by atoms with Gasteiger partial charge in [0.1, 0.15) is 5.75 Å². The summed E-state index contributed by atoms with van der Waals surface area (Å²) >= 11 is 0. The van der Waals surface area contributed by atoms with E-state index < -0.39 is 10.0 Å². The highest BCUT2D eigenvalue weighted by Crippen LogP contribution is 2.30. The van der Waals surface area contributed by atoms with Crippen LogP contribution in [0.3, 0.4) is 0 Å². The van der Waals surface area contributed by atoms with Crippen LogP contribution in [0.5, 0.6) is 5.75 Å². The zero-order chi connectivity index (χ0) is 19.3. The molecule has 146 valence electrons. The van der Waals surface area contributed by atoms with E-state index in [2.05, 4.69) is 4.90 Å². The van der Waals surface area contributed by atoms with Crippen molar-refractivity contribution in [1.29, 1.82) is 0 Å². The summed E-state index contributed by atoms with van der Waals surface area (Å²) in [6.07, 6.45) is 1.22. The Balaban J connectivity index is 2.13. The van der Waals surface area contributed by atoms with Gasteiger partial charge < -0.3 is 14.5 Å². The number of rotatable bonds is 7. The van der Waals surface area contributed by atoms with Gasteiger partial charge in [-0.15, -0.1) is 0 Å². The fourth-order valence-corrected chi connectivity index (χ4v) is 3.82. The Hall–Kier alpha value is -1.80. The van der Waals surface area contributed by atoms with Crippen LogP contribution in [0.1, 0.15) is 20.3 Å². The molecule has 1 heterocycles. The number of para-hydroxylation sites is 2. The van der Waals surface area contributed by atoms with Crippen LogP contribution in [-0.2, 0) is 14.8 Å². The number of amides is 1. The lowest BCUT2D eigenvalue weighted by molar-refractivity contribution is -0.132.